The third-order valence-electron chi connectivity index (χ3n) is 14.9. The zero-order valence-corrected chi connectivity index (χ0v) is 47.6. The van der Waals surface area contributed by atoms with Crippen molar-refractivity contribution in [3.05, 3.63) is 71.8 Å². The molecule has 5 rings (SSSR count). The predicted molar refractivity (Wildman–Crippen MR) is 301 cm³/mol. The minimum absolute atomic E-state index is 0.0326. The van der Waals surface area contributed by atoms with Crippen LogP contribution in [0.2, 0.25) is 0 Å². The lowest BCUT2D eigenvalue weighted by Crippen LogP contribution is -2.61. The molecule has 2 aromatic rings. The van der Waals surface area contributed by atoms with Gasteiger partial charge in [-0.2, -0.15) is 0 Å². The highest BCUT2D eigenvalue weighted by atomic mass is 16.2. The monoisotopic (exact) mass is 1110 g/mol. The van der Waals surface area contributed by atoms with Gasteiger partial charge < -0.3 is 63.8 Å². The number of hydrogen-bond donors (Lipinski definition) is 10. The zero-order valence-electron chi connectivity index (χ0n) is 47.6. The van der Waals surface area contributed by atoms with Gasteiger partial charge in [-0.15, -0.1) is 0 Å². The fraction of sp³-hybridized carbons (Fsp3) is 0.621. The van der Waals surface area contributed by atoms with E-state index in [4.69, 9.17) is 11.5 Å². The van der Waals surface area contributed by atoms with Crippen LogP contribution < -0.4 is 54.0 Å². The van der Waals surface area contributed by atoms with Gasteiger partial charge in [0.2, 0.25) is 59.1 Å². The van der Waals surface area contributed by atoms with Crippen LogP contribution in [-0.2, 0) is 60.8 Å². The quantitative estimate of drug-likeness (QED) is 0.111. The van der Waals surface area contributed by atoms with Crippen molar-refractivity contribution in [2.45, 2.75) is 192 Å². The Labute approximate surface area is 470 Å². The molecule has 0 saturated carbocycles. The van der Waals surface area contributed by atoms with Gasteiger partial charge in [0.1, 0.15) is 60.4 Å². The van der Waals surface area contributed by atoms with E-state index < -0.39 is 119 Å². The average molecular weight is 1110 g/mol. The number of carbonyl (C=O) groups excluding carboxylic acids is 10. The summed E-state index contributed by atoms with van der Waals surface area (Å²) in [6.07, 6.45) is 2.72. The Balaban J connectivity index is 1.55. The fourth-order valence-corrected chi connectivity index (χ4v) is 10.6. The van der Waals surface area contributed by atoms with E-state index >= 15 is 0 Å². The maximum absolute atomic E-state index is 14.8. The number of benzene rings is 2. The van der Waals surface area contributed by atoms with Crippen molar-refractivity contribution in [1.29, 1.82) is 0 Å². The van der Waals surface area contributed by atoms with Crippen molar-refractivity contribution in [3.63, 3.8) is 0 Å². The normalized spacial score (nSPS) is 26.8. The van der Waals surface area contributed by atoms with Crippen LogP contribution in [0.4, 0.5) is 0 Å². The van der Waals surface area contributed by atoms with Crippen LogP contribution in [-0.4, -0.2) is 155 Å². The van der Waals surface area contributed by atoms with Crippen molar-refractivity contribution in [1.82, 2.24) is 52.3 Å². The second-order valence-corrected chi connectivity index (χ2v) is 22.2. The molecule has 0 aliphatic carbocycles. The summed E-state index contributed by atoms with van der Waals surface area (Å²) >= 11 is 0. The highest BCUT2D eigenvalue weighted by Crippen LogP contribution is 2.23. The smallest absolute Gasteiger partial charge is 0.246 e. The molecular formula is C58H88N12O10. The molecule has 3 heterocycles. The Hall–Kier alpha value is -6.94. The van der Waals surface area contributed by atoms with Gasteiger partial charge in [-0.25, -0.2) is 0 Å². The van der Waals surface area contributed by atoms with E-state index in [-0.39, 0.29) is 102 Å². The molecule has 0 bridgehead atoms. The molecule has 3 aliphatic heterocycles. The summed E-state index contributed by atoms with van der Waals surface area (Å²) in [5, 5.41) is 22.6. The Bertz CT molecular complexity index is 2260. The van der Waals surface area contributed by atoms with E-state index in [1.165, 1.54) is 9.80 Å². The first-order valence-corrected chi connectivity index (χ1v) is 28.8. The Kier molecular flexibility index (Phi) is 25.4. The van der Waals surface area contributed by atoms with E-state index in [1.807, 2.05) is 39.8 Å². The van der Waals surface area contributed by atoms with Crippen LogP contribution >= 0.6 is 0 Å². The zero-order chi connectivity index (χ0) is 58.5. The highest BCUT2D eigenvalue weighted by Gasteiger charge is 2.42. The number of amides is 10. The molecule has 0 aromatic heterocycles. The maximum Gasteiger partial charge on any atom is 0.246 e. The molecule has 2 aromatic carbocycles. The highest BCUT2D eigenvalue weighted by molar-refractivity contribution is 6.00. The molecule has 12 N–H and O–H groups in total. The van der Waals surface area contributed by atoms with Gasteiger partial charge in [0.05, 0.1) is 0 Å². The van der Waals surface area contributed by atoms with Crippen LogP contribution in [0.15, 0.2) is 60.7 Å². The van der Waals surface area contributed by atoms with Gasteiger partial charge in [0, 0.05) is 25.9 Å². The van der Waals surface area contributed by atoms with Gasteiger partial charge in [0.25, 0.3) is 0 Å². The predicted octanol–water partition coefficient (Wildman–Crippen LogP) is 0.736. The summed E-state index contributed by atoms with van der Waals surface area (Å²) in [4.78, 5) is 147. The summed E-state index contributed by atoms with van der Waals surface area (Å²) < 4.78 is 0. The molecule has 10 atom stereocenters. The lowest BCUT2D eigenvalue weighted by molar-refractivity contribution is -0.143. The number of nitrogens with one attached hydrogen (secondary N) is 8. The van der Waals surface area contributed by atoms with E-state index in [9.17, 15) is 47.9 Å². The first-order valence-electron chi connectivity index (χ1n) is 28.8. The Morgan fingerprint density at radius 2 is 0.725 bits per heavy atom. The third kappa shape index (κ3) is 18.6. The Morgan fingerprint density at radius 1 is 0.425 bits per heavy atom. The number of fused-ring (bicyclic) bond motifs is 2. The largest absolute Gasteiger partial charge is 0.343 e. The van der Waals surface area contributed by atoms with Gasteiger partial charge in [-0.05, 0) is 113 Å². The van der Waals surface area contributed by atoms with Crippen molar-refractivity contribution in [2.24, 2.45) is 23.3 Å². The maximum atomic E-state index is 14.8. The van der Waals surface area contributed by atoms with Crippen LogP contribution in [0.5, 0.6) is 0 Å². The number of hydrogen-bond acceptors (Lipinski definition) is 12. The molecule has 22 nitrogen and oxygen atoms in total. The number of nitrogens with zero attached hydrogens (tertiary/aromatic N) is 2. The first kappa shape index (κ1) is 63.9. The standard InChI is InChI=1S/C58H88N12O10/c1-7-39-49(71)63-41(23-15-27-59)51(73)65-43(31-35(3)4)53(75)68-46(34-38-21-13-10-14-22-38)58(80)70-30-18-26-48(70)56(78)62-40(8-2)50(72)64-42(24-16-28-60)52(74)66-44(32-36(5)6)54(76)67-45(33-37-19-11-9-12-20-37)57(79)69-29-17-25-47(69)55(77)61-39/h9-14,19-22,35-36,39-48H,7-8,15-18,23-34,59-60H2,1-6H3,(H,61,77)(H,62,78)(H,63,71)(H,64,72)(H,65,73)(H,66,74)(H,67,76)(H,68,75)/t39-,40-,41-,42-,43-,44-,45+,46+,47-,48-/m0/s1. The van der Waals surface area contributed by atoms with Crippen molar-refractivity contribution in [2.75, 3.05) is 26.2 Å². The minimum Gasteiger partial charge on any atom is -0.343 e. The summed E-state index contributed by atoms with van der Waals surface area (Å²) in [6.45, 7) is 11.5. The molecule has 10 amide bonds. The second kappa shape index (κ2) is 31.7. The summed E-state index contributed by atoms with van der Waals surface area (Å²) in [6, 6.07) is 6.44. The van der Waals surface area contributed by atoms with Gasteiger partial charge in [-0.1, -0.05) is 102 Å². The van der Waals surface area contributed by atoms with E-state index in [2.05, 4.69) is 42.5 Å². The topological polar surface area (TPSA) is 325 Å². The first-order chi connectivity index (χ1) is 38.3. The number of carbonyl (C=O) groups is 10. The number of rotatable bonds is 16. The van der Waals surface area contributed by atoms with Crippen LogP contribution in [0.1, 0.15) is 130 Å². The van der Waals surface area contributed by atoms with Crippen molar-refractivity contribution in [3.8, 4) is 0 Å². The number of nitrogens with two attached hydrogens (primary N) is 2. The van der Waals surface area contributed by atoms with E-state index in [0.717, 1.165) is 0 Å². The van der Waals surface area contributed by atoms with Gasteiger partial charge in [0.15, 0.2) is 0 Å². The lowest BCUT2D eigenvalue weighted by Gasteiger charge is -2.32. The molecule has 0 unspecified atom stereocenters. The van der Waals surface area contributed by atoms with Gasteiger partial charge >= 0.3 is 0 Å². The minimum atomic E-state index is -1.21. The van der Waals surface area contributed by atoms with Crippen LogP contribution in [0, 0.1) is 11.8 Å². The molecule has 3 aliphatic rings. The molecule has 22 heteroatoms. The average Bonchev–Trinajstić information content (AvgIpc) is 4.14. The summed E-state index contributed by atoms with van der Waals surface area (Å²) in [5.41, 5.74) is 13.2. The molecule has 3 fully saturated rings. The van der Waals surface area contributed by atoms with E-state index in [0.29, 0.717) is 36.8 Å². The van der Waals surface area contributed by atoms with Crippen LogP contribution in [0.3, 0.4) is 0 Å². The van der Waals surface area contributed by atoms with Crippen molar-refractivity contribution < 1.29 is 47.9 Å². The molecule has 440 valence electrons. The van der Waals surface area contributed by atoms with E-state index in [1.54, 1.807) is 62.4 Å². The lowest BCUT2D eigenvalue weighted by atomic mass is 9.99. The Morgan fingerprint density at radius 3 is 1.05 bits per heavy atom. The molecule has 3 saturated heterocycles. The summed E-state index contributed by atoms with van der Waals surface area (Å²) in [7, 11) is 0. The molecular weight excluding hydrogens is 1020 g/mol. The third-order valence-corrected chi connectivity index (χ3v) is 14.9. The van der Waals surface area contributed by atoms with Crippen LogP contribution in [0.25, 0.3) is 0 Å². The molecule has 0 spiro atoms. The van der Waals surface area contributed by atoms with Gasteiger partial charge in [-0.3, -0.25) is 47.9 Å². The fourth-order valence-electron chi connectivity index (χ4n) is 10.6. The summed E-state index contributed by atoms with van der Waals surface area (Å²) in [5.74, 6) is -6.68. The second-order valence-electron chi connectivity index (χ2n) is 22.2. The SMILES string of the molecule is CC[C@@H]1NC(=O)[C@@H]2CCCN2C(=O)[C@@H](Cc2ccccc2)NC(=O)[C@H](CC(C)C)NC(=O)[C@H](CCCN)NC(=O)[C@H](CC)NC(=O)[C@@H]2CCCN2C(=O)[C@@H](Cc2ccccc2)NC(=O)[C@H](CC(C)C)NC(=O)[C@H](CCCN)NC1=O. The molecule has 80 heavy (non-hydrogen) atoms. The van der Waals surface area contributed by atoms with Crippen molar-refractivity contribution >= 4 is 59.1 Å². The molecule has 0 radical (unpaired) electrons.